The molecule has 1 aromatic heterocycles. The molecule has 20 heavy (non-hydrogen) atoms. The lowest BCUT2D eigenvalue weighted by Gasteiger charge is -2.18. The summed E-state index contributed by atoms with van der Waals surface area (Å²) in [5.41, 5.74) is 2.16. The van der Waals surface area contributed by atoms with Crippen LogP contribution in [0.2, 0.25) is 0 Å². The number of aryl methyl sites for hydroxylation is 1. The highest BCUT2D eigenvalue weighted by atomic mass is 79.9. The number of fused-ring (bicyclic) bond motifs is 1. The Hall–Kier alpha value is -1.82. The van der Waals surface area contributed by atoms with E-state index in [4.69, 9.17) is 9.15 Å². The summed E-state index contributed by atoms with van der Waals surface area (Å²) in [4.78, 5) is 9.90. The molecule has 0 amide bonds. The maximum absolute atomic E-state index is 10.6. The molecule has 0 aliphatic carbocycles. The molecule has 0 spiro atoms. The Labute approximate surface area is 123 Å². The summed E-state index contributed by atoms with van der Waals surface area (Å²) in [7, 11) is 0. The minimum Gasteiger partial charge on any atom is -0.493 e. The third-order valence-electron chi connectivity index (χ3n) is 3.27. The van der Waals surface area contributed by atoms with Gasteiger partial charge in [-0.2, -0.15) is 0 Å². The summed E-state index contributed by atoms with van der Waals surface area (Å²) in [5, 5.41) is 10.6. The highest BCUT2D eigenvalue weighted by Gasteiger charge is 2.20. The summed E-state index contributed by atoms with van der Waals surface area (Å²) in [6.07, 6.45) is 2.00. The summed E-state index contributed by atoms with van der Waals surface area (Å²) in [6, 6.07) is 8.92. The first-order valence-corrected chi connectivity index (χ1v) is 7.20. The number of ether oxygens (including phenoxy) is 1. The zero-order valence-electron chi connectivity index (χ0n) is 10.5. The maximum atomic E-state index is 10.6. The molecule has 0 fully saturated rings. The maximum Gasteiger partial charge on any atom is 0.433 e. The van der Waals surface area contributed by atoms with Gasteiger partial charge in [-0.05, 0) is 36.1 Å². The van der Waals surface area contributed by atoms with Gasteiger partial charge in [0.15, 0.2) is 0 Å². The van der Waals surface area contributed by atoms with Gasteiger partial charge in [-0.15, -0.1) is 0 Å². The number of halogens is 1. The predicted molar refractivity (Wildman–Crippen MR) is 76.4 cm³/mol. The number of nitrogens with zero attached hydrogens (tertiary/aromatic N) is 1. The van der Waals surface area contributed by atoms with Crippen molar-refractivity contribution in [3.8, 4) is 5.75 Å². The lowest BCUT2D eigenvalue weighted by Crippen LogP contribution is -2.08. The Bertz CT molecular complexity index is 652. The van der Waals surface area contributed by atoms with Crippen molar-refractivity contribution in [2.24, 2.45) is 0 Å². The van der Waals surface area contributed by atoms with Gasteiger partial charge in [-0.25, -0.2) is 0 Å². The molecule has 0 N–H and O–H groups in total. The van der Waals surface area contributed by atoms with Crippen LogP contribution in [0.5, 0.6) is 5.75 Å². The van der Waals surface area contributed by atoms with Crippen LogP contribution in [0.15, 0.2) is 34.7 Å². The minimum atomic E-state index is -0.538. The number of hydrogen-bond acceptors (Lipinski definition) is 4. The van der Waals surface area contributed by atoms with Crippen molar-refractivity contribution in [2.75, 3.05) is 6.61 Å². The summed E-state index contributed by atoms with van der Waals surface area (Å²) in [5.74, 6) is 1.20. The molecule has 6 heteroatoms. The second-order valence-corrected chi connectivity index (χ2v) is 5.53. The van der Waals surface area contributed by atoms with Crippen LogP contribution < -0.4 is 4.74 Å². The topological polar surface area (TPSA) is 65.5 Å². The first-order valence-electron chi connectivity index (χ1n) is 6.29. The number of furan rings is 1. The highest BCUT2D eigenvalue weighted by Crippen LogP contribution is 2.36. The SMILES string of the molecule is O=[N+]([O-])c1ccc(C(Br)c2ccc3c(c2)CCCO3)o1. The monoisotopic (exact) mass is 337 g/mol. The lowest BCUT2D eigenvalue weighted by molar-refractivity contribution is -0.402. The van der Waals surface area contributed by atoms with Crippen LogP contribution in [-0.2, 0) is 6.42 Å². The standard InChI is InChI=1S/C14H12BrNO4/c15-14(12-5-6-13(20-12)16(17)18)10-3-4-11-9(8-10)2-1-7-19-11/h3-6,8,14H,1-2,7H2. The van der Waals surface area contributed by atoms with Gasteiger partial charge in [-0.1, -0.05) is 28.1 Å². The molecule has 2 heterocycles. The molecule has 1 unspecified atom stereocenters. The van der Waals surface area contributed by atoms with Crippen LogP contribution in [0.3, 0.4) is 0 Å². The van der Waals surface area contributed by atoms with E-state index in [2.05, 4.69) is 22.0 Å². The smallest absolute Gasteiger partial charge is 0.433 e. The Balaban J connectivity index is 1.89. The van der Waals surface area contributed by atoms with Crippen LogP contribution >= 0.6 is 15.9 Å². The number of alkyl halides is 1. The molecule has 1 atom stereocenters. The van der Waals surface area contributed by atoms with Gasteiger partial charge < -0.3 is 9.15 Å². The molecular formula is C14H12BrNO4. The van der Waals surface area contributed by atoms with E-state index in [1.807, 2.05) is 12.1 Å². The van der Waals surface area contributed by atoms with Gasteiger partial charge in [0.25, 0.3) is 0 Å². The van der Waals surface area contributed by atoms with E-state index in [0.717, 1.165) is 30.8 Å². The Morgan fingerprint density at radius 3 is 2.90 bits per heavy atom. The number of hydrogen-bond donors (Lipinski definition) is 0. The second kappa shape index (κ2) is 5.28. The van der Waals surface area contributed by atoms with Gasteiger partial charge in [0.05, 0.1) is 17.5 Å². The zero-order valence-corrected chi connectivity index (χ0v) is 12.1. The van der Waals surface area contributed by atoms with Gasteiger partial charge in [0.2, 0.25) is 0 Å². The van der Waals surface area contributed by atoms with Crippen LogP contribution in [0.25, 0.3) is 0 Å². The number of benzene rings is 1. The molecule has 1 aliphatic rings. The molecule has 5 nitrogen and oxygen atoms in total. The average Bonchev–Trinajstić information content (AvgIpc) is 2.96. The largest absolute Gasteiger partial charge is 0.493 e. The normalized spacial score (nSPS) is 15.2. The van der Waals surface area contributed by atoms with E-state index in [0.29, 0.717) is 5.76 Å². The summed E-state index contributed by atoms with van der Waals surface area (Å²) in [6.45, 7) is 0.758. The van der Waals surface area contributed by atoms with E-state index in [-0.39, 0.29) is 10.7 Å². The van der Waals surface area contributed by atoms with Gasteiger partial charge in [0.1, 0.15) is 16.4 Å². The van der Waals surface area contributed by atoms with Gasteiger partial charge in [0, 0.05) is 0 Å². The third-order valence-corrected chi connectivity index (χ3v) is 4.25. The van der Waals surface area contributed by atoms with Crippen molar-refractivity contribution in [2.45, 2.75) is 17.7 Å². The lowest BCUT2D eigenvalue weighted by atomic mass is 10.0. The molecule has 3 rings (SSSR count). The molecule has 2 aromatic rings. The van der Waals surface area contributed by atoms with E-state index in [1.165, 1.54) is 11.6 Å². The van der Waals surface area contributed by atoms with Crippen molar-refractivity contribution in [3.63, 3.8) is 0 Å². The Kier molecular flexibility index (Phi) is 3.48. The fourth-order valence-corrected chi connectivity index (χ4v) is 2.81. The average molecular weight is 338 g/mol. The minimum absolute atomic E-state index is 0.205. The van der Waals surface area contributed by atoms with Crippen LogP contribution in [0, 0.1) is 10.1 Å². The van der Waals surface area contributed by atoms with Crippen LogP contribution in [-0.4, -0.2) is 11.5 Å². The molecule has 0 saturated carbocycles. The zero-order chi connectivity index (χ0) is 14.1. The first kappa shape index (κ1) is 13.2. The second-order valence-electron chi connectivity index (χ2n) is 4.61. The Morgan fingerprint density at radius 2 is 2.15 bits per heavy atom. The van der Waals surface area contributed by atoms with Crippen molar-refractivity contribution < 1.29 is 14.1 Å². The Morgan fingerprint density at radius 1 is 1.30 bits per heavy atom. The molecule has 0 saturated heterocycles. The van der Waals surface area contributed by atoms with E-state index in [9.17, 15) is 10.1 Å². The first-order chi connectivity index (χ1) is 9.65. The summed E-state index contributed by atoms with van der Waals surface area (Å²) >= 11 is 3.53. The molecule has 0 bridgehead atoms. The van der Waals surface area contributed by atoms with Crippen molar-refractivity contribution in [1.82, 2.24) is 0 Å². The van der Waals surface area contributed by atoms with Gasteiger partial charge >= 0.3 is 5.88 Å². The quantitative estimate of drug-likeness (QED) is 0.482. The third kappa shape index (κ3) is 2.43. The van der Waals surface area contributed by atoms with Gasteiger partial charge in [-0.3, -0.25) is 10.1 Å². The van der Waals surface area contributed by atoms with E-state index < -0.39 is 4.92 Å². The van der Waals surface area contributed by atoms with Crippen molar-refractivity contribution in [3.05, 3.63) is 57.3 Å². The predicted octanol–water partition coefficient (Wildman–Crippen LogP) is 4.00. The fraction of sp³-hybridized carbons (Fsp3) is 0.286. The fourth-order valence-electron chi connectivity index (χ4n) is 2.28. The van der Waals surface area contributed by atoms with Crippen LogP contribution in [0.1, 0.15) is 28.1 Å². The molecule has 0 radical (unpaired) electrons. The van der Waals surface area contributed by atoms with E-state index >= 15 is 0 Å². The number of nitro groups is 1. The van der Waals surface area contributed by atoms with Crippen molar-refractivity contribution >= 4 is 21.8 Å². The molecule has 104 valence electrons. The van der Waals surface area contributed by atoms with Crippen molar-refractivity contribution in [1.29, 1.82) is 0 Å². The number of rotatable bonds is 3. The molecular weight excluding hydrogens is 326 g/mol. The van der Waals surface area contributed by atoms with Crippen LogP contribution in [0.4, 0.5) is 5.88 Å². The highest BCUT2D eigenvalue weighted by molar-refractivity contribution is 9.09. The summed E-state index contributed by atoms with van der Waals surface area (Å²) < 4.78 is 10.8. The molecule has 1 aliphatic heterocycles. The molecule has 1 aromatic carbocycles. The van der Waals surface area contributed by atoms with E-state index in [1.54, 1.807) is 6.07 Å².